The third-order valence-corrected chi connectivity index (χ3v) is 4.10. The molecular weight excluding hydrogens is 413 g/mol. The molecule has 0 aliphatic heterocycles. The molecule has 11 heteroatoms. The smallest absolute Gasteiger partial charge is 0.310 e. The molecule has 0 atom stereocenters. The molecule has 148 valence electrons. The van der Waals surface area contributed by atoms with E-state index in [0.29, 0.717) is 6.61 Å². The van der Waals surface area contributed by atoms with Gasteiger partial charge in [0.1, 0.15) is 0 Å². The average Bonchev–Trinajstić information content (AvgIpc) is 2.67. The Bertz CT molecular complexity index is 920. The summed E-state index contributed by atoms with van der Waals surface area (Å²) < 4.78 is 10.4. The summed E-state index contributed by atoms with van der Waals surface area (Å²) >= 11 is 12.0. The monoisotopic (exact) mass is 427 g/mol. The maximum absolute atomic E-state index is 11.8. The summed E-state index contributed by atoms with van der Waals surface area (Å²) in [6.07, 6.45) is 1.09. The maximum Gasteiger partial charge on any atom is 0.310 e. The average molecular weight is 428 g/mol. The number of carbonyl (C=O) groups excluding carboxylic acids is 1. The van der Waals surface area contributed by atoms with E-state index >= 15 is 0 Å². The van der Waals surface area contributed by atoms with Crippen LogP contribution in [0.2, 0.25) is 10.0 Å². The molecule has 0 aromatic heterocycles. The largest absolute Gasteiger partial charge is 0.504 e. The quantitative estimate of drug-likeness (QED) is 0.377. The fourth-order valence-electron chi connectivity index (χ4n) is 2.07. The van der Waals surface area contributed by atoms with Crippen molar-refractivity contribution in [1.82, 2.24) is 5.43 Å². The van der Waals surface area contributed by atoms with Crippen molar-refractivity contribution in [3.8, 4) is 17.2 Å². The highest BCUT2D eigenvalue weighted by molar-refractivity contribution is 6.43. The Kier molecular flexibility index (Phi) is 7.42. The maximum atomic E-state index is 11.8. The molecule has 2 aromatic rings. The van der Waals surface area contributed by atoms with Crippen LogP contribution in [0.3, 0.4) is 0 Å². The molecule has 28 heavy (non-hydrogen) atoms. The fourth-order valence-corrected chi connectivity index (χ4v) is 2.46. The third-order valence-electron chi connectivity index (χ3n) is 3.30. The number of nitrogens with one attached hydrogen (secondary N) is 1. The predicted molar refractivity (Wildman–Crippen MR) is 104 cm³/mol. The van der Waals surface area contributed by atoms with Crippen LogP contribution in [0.4, 0.5) is 5.69 Å². The van der Waals surface area contributed by atoms with Crippen LogP contribution in [0.1, 0.15) is 12.5 Å². The Labute approximate surface area is 169 Å². The van der Waals surface area contributed by atoms with Crippen LogP contribution >= 0.6 is 23.2 Å². The summed E-state index contributed by atoms with van der Waals surface area (Å²) in [5.74, 6) is -0.907. The summed E-state index contributed by atoms with van der Waals surface area (Å²) in [7, 11) is 0. The van der Waals surface area contributed by atoms with Crippen molar-refractivity contribution in [3.05, 3.63) is 56.1 Å². The lowest BCUT2D eigenvalue weighted by atomic mass is 10.2. The zero-order valence-corrected chi connectivity index (χ0v) is 16.0. The van der Waals surface area contributed by atoms with E-state index in [0.717, 1.165) is 6.21 Å². The van der Waals surface area contributed by atoms with Crippen molar-refractivity contribution in [2.45, 2.75) is 6.92 Å². The zero-order valence-electron chi connectivity index (χ0n) is 14.5. The molecule has 0 fully saturated rings. The molecule has 0 spiro atoms. The minimum absolute atomic E-state index is 0.0248. The summed E-state index contributed by atoms with van der Waals surface area (Å²) in [5.41, 5.74) is 1.94. The van der Waals surface area contributed by atoms with E-state index in [2.05, 4.69) is 10.5 Å². The number of ether oxygens (including phenoxy) is 2. The second-order valence-electron chi connectivity index (χ2n) is 5.17. The number of nitrogens with zero attached hydrogens (tertiary/aromatic N) is 2. The summed E-state index contributed by atoms with van der Waals surface area (Å²) in [6, 6.07) is 7.00. The van der Waals surface area contributed by atoms with E-state index in [-0.39, 0.29) is 38.5 Å². The SMILES string of the molecule is CCOc1cc(Cl)c(Cl)c(/C=N/NC(=O)COc2ccccc2[N+](=O)[O-])c1O. The van der Waals surface area contributed by atoms with E-state index in [1.807, 2.05) is 0 Å². The van der Waals surface area contributed by atoms with Gasteiger partial charge < -0.3 is 14.6 Å². The van der Waals surface area contributed by atoms with Gasteiger partial charge in [0.2, 0.25) is 0 Å². The number of carbonyl (C=O) groups is 1. The highest BCUT2D eigenvalue weighted by Gasteiger charge is 2.16. The molecule has 2 N–H and O–H groups in total. The first-order valence-corrected chi connectivity index (χ1v) is 8.62. The second kappa shape index (κ2) is 9.77. The number of rotatable bonds is 8. The lowest BCUT2D eigenvalue weighted by Gasteiger charge is -2.10. The molecule has 0 bridgehead atoms. The van der Waals surface area contributed by atoms with Gasteiger partial charge in [0, 0.05) is 12.1 Å². The van der Waals surface area contributed by atoms with Crippen molar-refractivity contribution in [2.24, 2.45) is 5.10 Å². The number of hydrogen-bond acceptors (Lipinski definition) is 7. The van der Waals surface area contributed by atoms with E-state index in [1.54, 1.807) is 6.92 Å². The van der Waals surface area contributed by atoms with E-state index < -0.39 is 17.4 Å². The minimum Gasteiger partial charge on any atom is -0.504 e. The van der Waals surface area contributed by atoms with Crippen LogP contribution in [0, 0.1) is 10.1 Å². The number of hydrogen-bond donors (Lipinski definition) is 2. The molecule has 0 aliphatic rings. The molecule has 1 amide bonds. The van der Waals surface area contributed by atoms with Crippen molar-refractivity contribution in [2.75, 3.05) is 13.2 Å². The van der Waals surface area contributed by atoms with Crippen LogP contribution in [-0.4, -0.2) is 35.4 Å². The molecule has 9 nitrogen and oxygen atoms in total. The third kappa shape index (κ3) is 5.24. The minimum atomic E-state index is -0.683. The number of halogens is 2. The Hall–Kier alpha value is -3.04. The predicted octanol–water partition coefficient (Wildman–Crippen LogP) is 3.54. The molecule has 0 saturated heterocycles. The van der Waals surface area contributed by atoms with Crippen LogP contribution in [-0.2, 0) is 4.79 Å². The molecular formula is C17H15Cl2N3O6. The van der Waals surface area contributed by atoms with Gasteiger partial charge in [-0.25, -0.2) is 5.43 Å². The fraction of sp³-hybridized carbons (Fsp3) is 0.176. The highest BCUT2D eigenvalue weighted by Crippen LogP contribution is 2.39. The number of aromatic hydroxyl groups is 1. The summed E-state index contributed by atoms with van der Waals surface area (Å²) in [6.45, 7) is 1.51. The first kappa shape index (κ1) is 21.3. The van der Waals surface area contributed by atoms with Crippen molar-refractivity contribution >= 4 is 41.0 Å². The van der Waals surface area contributed by atoms with Gasteiger partial charge in [0.05, 0.1) is 33.4 Å². The normalized spacial score (nSPS) is 10.7. The molecule has 0 heterocycles. The Morgan fingerprint density at radius 3 is 2.71 bits per heavy atom. The van der Waals surface area contributed by atoms with Gasteiger partial charge in [0.25, 0.3) is 5.91 Å². The van der Waals surface area contributed by atoms with Gasteiger partial charge in [-0.15, -0.1) is 0 Å². The topological polar surface area (TPSA) is 123 Å². The van der Waals surface area contributed by atoms with Crippen molar-refractivity contribution in [1.29, 1.82) is 0 Å². The number of hydrazone groups is 1. The number of phenolic OH excluding ortho intramolecular Hbond substituents is 1. The number of amides is 1. The number of nitro groups is 1. The molecule has 0 radical (unpaired) electrons. The highest BCUT2D eigenvalue weighted by atomic mass is 35.5. The Morgan fingerprint density at radius 1 is 1.32 bits per heavy atom. The van der Waals surface area contributed by atoms with Crippen LogP contribution in [0.25, 0.3) is 0 Å². The van der Waals surface area contributed by atoms with Gasteiger partial charge in [-0.2, -0.15) is 5.10 Å². The molecule has 2 aromatic carbocycles. The number of nitro benzene ring substituents is 1. The Balaban J connectivity index is 2.04. The van der Waals surface area contributed by atoms with Crippen LogP contribution in [0.5, 0.6) is 17.2 Å². The van der Waals surface area contributed by atoms with E-state index in [4.69, 9.17) is 32.7 Å². The van der Waals surface area contributed by atoms with Crippen molar-refractivity contribution < 1.29 is 24.3 Å². The standard InChI is InChI=1S/C17H15Cl2N3O6/c1-2-27-14-7-11(18)16(19)10(17(14)24)8-20-21-15(23)9-28-13-6-4-3-5-12(13)22(25)26/h3-8,24H,2,9H2,1H3,(H,21,23)/b20-8+. The zero-order chi connectivity index (χ0) is 20.7. The summed E-state index contributed by atoms with van der Waals surface area (Å²) in [5, 5.41) is 24.9. The summed E-state index contributed by atoms with van der Waals surface area (Å²) in [4.78, 5) is 22.1. The van der Waals surface area contributed by atoms with Crippen LogP contribution < -0.4 is 14.9 Å². The molecule has 2 rings (SSSR count). The van der Waals surface area contributed by atoms with E-state index in [1.165, 1.54) is 30.3 Å². The lowest BCUT2D eigenvalue weighted by Crippen LogP contribution is -2.24. The van der Waals surface area contributed by atoms with Gasteiger partial charge in [0.15, 0.2) is 23.9 Å². The molecule has 0 unspecified atom stereocenters. The molecule has 0 saturated carbocycles. The number of phenols is 1. The lowest BCUT2D eigenvalue weighted by molar-refractivity contribution is -0.385. The van der Waals surface area contributed by atoms with E-state index in [9.17, 15) is 20.0 Å². The van der Waals surface area contributed by atoms with Gasteiger partial charge in [-0.05, 0) is 13.0 Å². The first-order valence-electron chi connectivity index (χ1n) is 7.87. The number of para-hydroxylation sites is 2. The first-order chi connectivity index (χ1) is 13.3. The Morgan fingerprint density at radius 2 is 2.04 bits per heavy atom. The van der Waals surface area contributed by atoms with Gasteiger partial charge in [-0.1, -0.05) is 35.3 Å². The number of benzene rings is 2. The molecule has 0 aliphatic carbocycles. The van der Waals surface area contributed by atoms with Gasteiger partial charge in [-0.3, -0.25) is 14.9 Å². The van der Waals surface area contributed by atoms with Crippen molar-refractivity contribution in [3.63, 3.8) is 0 Å². The van der Waals surface area contributed by atoms with Crippen LogP contribution in [0.15, 0.2) is 35.4 Å². The second-order valence-corrected chi connectivity index (χ2v) is 5.96. The van der Waals surface area contributed by atoms with Gasteiger partial charge >= 0.3 is 5.69 Å².